The molecule has 1 fully saturated rings. The predicted molar refractivity (Wildman–Crippen MR) is 124 cm³/mol. The van der Waals surface area contributed by atoms with Gasteiger partial charge in [-0.2, -0.15) is 0 Å². The summed E-state index contributed by atoms with van der Waals surface area (Å²) in [4.78, 5) is 6.99. The van der Waals surface area contributed by atoms with Gasteiger partial charge in [0.25, 0.3) is 0 Å². The summed E-state index contributed by atoms with van der Waals surface area (Å²) >= 11 is 1.67. The molecule has 0 bridgehead atoms. The van der Waals surface area contributed by atoms with Crippen molar-refractivity contribution in [1.29, 1.82) is 0 Å². The molecular weight excluding hydrogens is 382 g/mol. The molecule has 2 rings (SSSR count). The number of piperidine rings is 1. The summed E-state index contributed by atoms with van der Waals surface area (Å²) in [6.45, 7) is 14.3. The van der Waals surface area contributed by atoms with Crippen molar-refractivity contribution in [3.8, 4) is 0 Å². The van der Waals surface area contributed by atoms with Crippen LogP contribution in [0.25, 0.3) is 0 Å². The molecule has 0 aromatic carbocycles. The minimum atomic E-state index is 0.138. The van der Waals surface area contributed by atoms with Crippen LogP contribution in [0.2, 0.25) is 0 Å². The first-order chi connectivity index (χ1) is 13.9. The van der Waals surface area contributed by atoms with Gasteiger partial charge in [-0.15, -0.1) is 10.2 Å². The van der Waals surface area contributed by atoms with Gasteiger partial charge in [-0.1, -0.05) is 32.0 Å². The van der Waals surface area contributed by atoms with E-state index in [4.69, 9.17) is 0 Å². The van der Waals surface area contributed by atoms with Crippen molar-refractivity contribution in [3.05, 3.63) is 5.82 Å². The Kier molecular flexibility index (Phi) is 9.75. The molecule has 1 saturated heterocycles. The van der Waals surface area contributed by atoms with E-state index in [1.807, 2.05) is 7.05 Å². The van der Waals surface area contributed by atoms with Crippen molar-refractivity contribution < 1.29 is 0 Å². The molecule has 1 aromatic rings. The number of guanidine groups is 1. The van der Waals surface area contributed by atoms with Crippen LogP contribution in [0.4, 0.5) is 0 Å². The van der Waals surface area contributed by atoms with Gasteiger partial charge in [0.05, 0.1) is 0 Å². The van der Waals surface area contributed by atoms with Crippen molar-refractivity contribution in [2.75, 3.05) is 39.5 Å². The third-order valence-corrected chi connectivity index (χ3v) is 6.18. The normalized spacial score (nSPS) is 16.4. The zero-order chi connectivity index (χ0) is 21.3. The van der Waals surface area contributed by atoms with Gasteiger partial charge in [-0.05, 0) is 58.4 Å². The highest BCUT2D eigenvalue weighted by molar-refractivity contribution is 7.98. The number of nitrogens with one attached hydrogen (secondary N) is 2. The lowest BCUT2D eigenvalue weighted by molar-refractivity contribution is 0.0982. The highest BCUT2D eigenvalue weighted by Crippen LogP contribution is 2.20. The zero-order valence-electron chi connectivity index (χ0n) is 19.3. The summed E-state index contributed by atoms with van der Waals surface area (Å²) in [6, 6.07) is 0. The standard InChI is InChI=1S/C21H41N7S/c1-17(2)15-28-18(25-26-20(28)29-6)11-10-12-23-19(22-5)24-16-21(3,4)27-13-8-7-9-14-27/h17H,7-16H2,1-6H3,(H2,22,23,24). The van der Waals surface area contributed by atoms with Gasteiger partial charge in [-0.3, -0.25) is 9.89 Å². The molecule has 8 heteroatoms. The fourth-order valence-corrected chi connectivity index (χ4v) is 4.31. The fourth-order valence-electron chi connectivity index (χ4n) is 3.79. The topological polar surface area (TPSA) is 70.4 Å². The van der Waals surface area contributed by atoms with Crippen molar-refractivity contribution in [2.24, 2.45) is 10.9 Å². The van der Waals surface area contributed by atoms with Crippen LogP contribution in [0.1, 0.15) is 59.2 Å². The SMILES string of the molecule is CN=C(NCCCc1nnc(SC)n1CC(C)C)NCC(C)(C)N1CCCCC1. The van der Waals surface area contributed by atoms with Crippen LogP contribution in [-0.2, 0) is 13.0 Å². The molecule has 0 amide bonds. The lowest BCUT2D eigenvalue weighted by Crippen LogP contribution is -2.54. The van der Waals surface area contributed by atoms with E-state index >= 15 is 0 Å². The van der Waals surface area contributed by atoms with Gasteiger partial charge in [0, 0.05) is 38.6 Å². The van der Waals surface area contributed by atoms with E-state index in [0.29, 0.717) is 5.92 Å². The third kappa shape index (κ3) is 7.48. The van der Waals surface area contributed by atoms with Crippen molar-refractivity contribution in [2.45, 2.75) is 77.0 Å². The van der Waals surface area contributed by atoms with Crippen LogP contribution in [0.15, 0.2) is 10.1 Å². The number of hydrogen-bond acceptors (Lipinski definition) is 5. The quantitative estimate of drug-likeness (QED) is 0.261. The second-order valence-electron chi connectivity index (χ2n) is 8.92. The highest BCUT2D eigenvalue weighted by Gasteiger charge is 2.27. The minimum absolute atomic E-state index is 0.138. The smallest absolute Gasteiger partial charge is 0.191 e. The van der Waals surface area contributed by atoms with Gasteiger partial charge in [-0.25, -0.2) is 0 Å². The van der Waals surface area contributed by atoms with E-state index in [0.717, 1.165) is 49.4 Å². The maximum absolute atomic E-state index is 4.41. The Morgan fingerprint density at radius 1 is 1.17 bits per heavy atom. The molecule has 7 nitrogen and oxygen atoms in total. The molecule has 1 aliphatic rings. The summed E-state index contributed by atoms with van der Waals surface area (Å²) in [5.41, 5.74) is 0.138. The average Bonchev–Trinajstić information content (AvgIpc) is 3.09. The first kappa shape index (κ1) is 24.0. The number of nitrogens with zero attached hydrogens (tertiary/aromatic N) is 5. The Morgan fingerprint density at radius 3 is 2.52 bits per heavy atom. The molecule has 0 unspecified atom stereocenters. The number of thioether (sulfide) groups is 1. The first-order valence-corrected chi connectivity index (χ1v) is 12.3. The summed E-state index contributed by atoms with van der Waals surface area (Å²) < 4.78 is 2.27. The van der Waals surface area contributed by atoms with Gasteiger partial charge >= 0.3 is 0 Å². The molecule has 0 aliphatic carbocycles. The van der Waals surface area contributed by atoms with Gasteiger partial charge in [0.1, 0.15) is 5.82 Å². The molecule has 0 spiro atoms. The Morgan fingerprint density at radius 2 is 1.90 bits per heavy atom. The molecule has 0 atom stereocenters. The third-order valence-electron chi connectivity index (χ3n) is 5.52. The van der Waals surface area contributed by atoms with Crippen molar-refractivity contribution in [1.82, 2.24) is 30.3 Å². The van der Waals surface area contributed by atoms with Crippen molar-refractivity contribution in [3.63, 3.8) is 0 Å². The Balaban J connectivity index is 1.77. The molecule has 29 heavy (non-hydrogen) atoms. The summed E-state index contributed by atoms with van der Waals surface area (Å²) in [6.07, 6.45) is 7.98. The van der Waals surface area contributed by atoms with Gasteiger partial charge in [0.15, 0.2) is 11.1 Å². The molecule has 0 saturated carbocycles. The van der Waals surface area contributed by atoms with Crippen molar-refractivity contribution >= 4 is 17.7 Å². The molecule has 1 aromatic heterocycles. The van der Waals surface area contributed by atoms with Crippen LogP contribution in [0, 0.1) is 5.92 Å². The zero-order valence-corrected chi connectivity index (χ0v) is 20.1. The van der Waals surface area contributed by atoms with Gasteiger partial charge in [0.2, 0.25) is 0 Å². The lowest BCUT2D eigenvalue weighted by atomic mass is 9.98. The van der Waals surface area contributed by atoms with E-state index < -0.39 is 0 Å². The number of aromatic nitrogens is 3. The van der Waals surface area contributed by atoms with E-state index in [9.17, 15) is 0 Å². The second-order valence-corrected chi connectivity index (χ2v) is 9.70. The van der Waals surface area contributed by atoms with E-state index in [2.05, 4.69) is 69.2 Å². The lowest BCUT2D eigenvalue weighted by Gasteiger charge is -2.41. The van der Waals surface area contributed by atoms with Crippen LogP contribution in [0.3, 0.4) is 0 Å². The molecule has 0 radical (unpaired) electrons. The summed E-state index contributed by atoms with van der Waals surface area (Å²) in [5.74, 6) is 2.54. The summed E-state index contributed by atoms with van der Waals surface area (Å²) in [7, 11) is 1.84. The van der Waals surface area contributed by atoms with Crippen LogP contribution in [-0.4, -0.2) is 70.6 Å². The van der Waals surface area contributed by atoms with Crippen LogP contribution < -0.4 is 10.6 Å². The fraction of sp³-hybridized carbons (Fsp3) is 0.857. The molecule has 166 valence electrons. The van der Waals surface area contributed by atoms with Gasteiger partial charge < -0.3 is 15.2 Å². The highest BCUT2D eigenvalue weighted by atomic mass is 32.2. The van der Waals surface area contributed by atoms with E-state index in [1.54, 1.807) is 11.8 Å². The largest absolute Gasteiger partial charge is 0.356 e. The molecule has 1 aliphatic heterocycles. The molecule has 2 N–H and O–H groups in total. The Hall–Kier alpha value is -1.28. The molecular formula is C21H41N7S. The Labute approximate surface area is 181 Å². The molecule has 2 heterocycles. The Bertz CT molecular complexity index is 633. The maximum atomic E-state index is 4.41. The minimum Gasteiger partial charge on any atom is -0.356 e. The number of aryl methyl sites for hydroxylation is 1. The van der Waals surface area contributed by atoms with E-state index in [-0.39, 0.29) is 5.54 Å². The average molecular weight is 424 g/mol. The first-order valence-electron chi connectivity index (χ1n) is 11.0. The second kappa shape index (κ2) is 11.8. The number of likely N-dealkylation sites (tertiary alicyclic amines) is 1. The predicted octanol–water partition coefficient (Wildman–Crippen LogP) is 3.02. The van der Waals surface area contributed by atoms with Crippen LogP contribution in [0.5, 0.6) is 0 Å². The summed E-state index contributed by atoms with van der Waals surface area (Å²) in [5, 5.41) is 16.7. The number of rotatable bonds is 10. The van der Waals surface area contributed by atoms with E-state index in [1.165, 1.54) is 32.4 Å². The maximum Gasteiger partial charge on any atom is 0.191 e. The monoisotopic (exact) mass is 423 g/mol. The van der Waals surface area contributed by atoms with Crippen LogP contribution >= 0.6 is 11.8 Å². The number of hydrogen-bond donors (Lipinski definition) is 2. The number of aliphatic imine (C=N–C) groups is 1.